The topological polar surface area (TPSA) is 237 Å². The van der Waals surface area contributed by atoms with Crippen molar-refractivity contribution in [2.75, 3.05) is 11.9 Å². The van der Waals surface area contributed by atoms with Crippen LogP contribution in [0.3, 0.4) is 0 Å². The van der Waals surface area contributed by atoms with Crippen LogP contribution in [0.5, 0.6) is 0 Å². The van der Waals surface area contributed by atoms with Gasteiger partial charge in [-0.05, 0) is 29.8 Å². The SMILES string of the molecule is O=C(O)c1cccc(-c2c(Nc3nc4c(ncn4[C@@H]4O[C@H](CO)[C@@H](O)[C@H]4O)c(=O)[nH]3)ccc(C(=O)O)c2C(=O)c2ccccc2)c1. The Hall–Kier alpha value is -5.74. The summed E-state index contributed by atoms with van der Waals surface area (Å²) in [6, 6.07) is 16.1. The number of aromatic amines is 1. The lowest BCUT2D eigenvalue weighted by atomic mass is 9.88. The smallest absolute Gasteiger partial charge is 0.336 e. The molecule has 1 fully saturated rings. The highest BCUT2D eigenvalue weighted by atomic mass is 16.6. The Morgan fingerprint density at radius 1 is 0.935 bits per heavy atom. The number of nitrogens with one attached hydrogen (secondary N) is 2. The Bertz CT molecular complexity index is 2060. The van der Waals surface area contributed by atoms with Crippen molar-refractivity contribution in [3.8, 4) is 11.1 Å². The van der Waals surface area contributed by atoms with E-state index in [0.717, 1.165) is 0 Å². The second-order valence-corrected chi connectivity index (χ2v) is 10.4. The molecular formula is C31H25N5O10. The van der Waals surface area contributed by atoms with Gasteiger partial charge in [0.2, 0.25) is 5.95 Å². The Morgan fingerprint density at radius 3 is 2.35 bits per heavy atom. The van der Waals surface area contributed by atoms with E-state index in [0.29, 0.717) is 0 Å². The number of rotatable bonds is 9. The Labute approximate surface area is 258 Å². The van der Waals surface area contributed by atoms with Crippen LogP contribution in [0.2, 0.25) is 0 Å². The van der Waals surface area contributed by atoms with Gasteiger partial charge in [-0.15, -0.1) is 0 Å². The normalized spacial score (nSPS) is 19.3. The van der Waals surface area contributed by atoms with Gasteiger partial charge >= 0.3 is 11.9 Å². The number of ketones is 1. The number of H-pyrrole nitrogens is 1. The summed E-state index contributed by atoms with van der Waals surface area (Å²) in [5, 5.41) is 53.0. The van der Waals surface area contributed by atoms with Crippen molar-refractivity contribution in [1.82, 2.24) is 19.5 Å². The molecule has 0 spiro atoms. The van der Waals surface area contributed by atoms with E-state index < -0.39 is 54.4 Å². The van der Waals surface area contributed by atoms with Gasteiger partial charge in [0.15, 0.2) is 23.2 Å². The number of aliphatic hydroxyl groups excluding tert-OH is 3. The zero-order valence-corrected chi connectivity index (χ0v) is 23.6. The molecule has 1 aliphatic rings. The van der Waals surface area contributed by atoms with Crippen LogP contribution in [-0.4, -0.2) is 87.7 Å². The first-order chi connectivity index (χ1) is 22.1. The number of benzene rings is 3. The molecule has 6 rings (SSSR count). The second-order valence-electron chi connectivity index (χ2n) is 10.4. The number of carboxylic acids is 2. The molecule has 0 saturated carbocycles. The zero-order valence-electron chi connectivity index (χ0n) is 23.6. The molecule has 2 aromatic heterocycles. The molecule has 15 nitrogen and oxygen atoms in total. The molecule has 1 saturated heterocycles. The molecule has 7 N–H and O–H groups in total. The number of anilines is 2. The maximum Gasteiger partial charge on any atom is 0.336 e. The number of aromatic carboxylic acids is 2. The summed E-state index contributed by atoms with van der Waals surface area (Å²) >= 11 is 0. The van der Waals surface area contributed by atoms with E-state index in [1.807, 2.05) is 0 Å². The second kappa shape index (κ2) is 12.0. The molecule has 0 radical (unpaired) electrons. The minimum absolute atomic E-state index is 0.0246. The number of carboxylic acid groups (broad SMARTS) is 2. The summed E-state index contributed by atoms with van der Waals surface area (Å²) < 4.78 is 6.79. The predicted molar refractivity (Wildman–Crippen MR) is 160 cm³/mol. The number of nitrogens with zero attached hydrogens (tertiary/aromatic N) is 3. The molecule has 15 heteroatoms. The molecule has 0 aliphatic carbocycles. The van der Waals surface area contributed by atoms with Gasteiger partial charge in [0.25, 0.3) is 5.56 Å². The summed E-state index contributed by atoms with van der Waals surface area (Å²) in [5.41, 5.74) is -1.17. The highest BCUT2D eigenvalue weighted by Gasteiger charge is 2.44. The fraction of sp³-hybridized carbons (Fsp3) is 0.161. The van der Waals surface area contributed by atoms with Gasteiger partial charge in [-0.2, -0.15) is 4.98 Å². The first-order valence-corrected chi connectivity index (χ1v) is 13.8. The summed E-state index contributed by atoms with van der Waals surface area (Å²) in [4.78, 5) is 62.2. The van der Waals surface area contributed by atoms with Crippen LogP contribution in [0.25, 0.3) is 22.3 Å². The summed E-state index contributed by atoms with van der Waals surface area (Å²) in [5.74, 6) is -3.51. The predicted octanol–water partition coefficient (Wildman–Crippen LogP) is 1.77. The lowest BCUT2D eigenvalue weighted by molar-refractivity contribution is -0.0511. The van der Waals surface area contributed by atoms with E-state index >= 15 is 0 Å². The molecule has 1 aliphatic heterocycles. The number of imidazole rings is 1. The van der Waals surface area contributed by atoms with E-state index in [4.69, 9.17) is 4.74 Å². The third kappa shape index (κ3) is 5.28. The van der Waals surface area contributed by atoms with Crippen LogP contribution >= 0.6 is 0 Å². The quantitative estimate of drug-likeness (QED) is 0.116. The van der Waals surface area contributed by atoms with E-state index in [-0.39, 0.29) is 56.2 Å². The molecule has 0 bridgehead atoms. The average Bonchev–Trinajstić information content (AvgIpc) is 3.60. The Kier molecular flexibility index (Phi) is 7.89. The molecule has 46 heavy (non-hydrogen) atoms. The molecule has 3 heterocycles. The first-order valence-electron chi connectivity index (χ1n) is 13.8. The van der Waals surface area contributed by atoms with Gasteiger partial charge in [-0.25, -0.2) is 14.6 Å². The van der Waals surface area contributed by atoms with Crippen molar-refractivity contribution >= 4 is 40.5 Å². The number of carbonyl (C=O) groups is 3. The van der Waals surface area contributed by atoms with Gasteiger partial charge in [0.1, 0.15) is 18.3 Å². The maximum absolute atomic E-state index is 13.9. The summed E-state index contributed by atoms with van der Waals surface area (Å²) in [7, 11) is 0. The van der Waals surface area contributed by atoms with Crippen LogP contribution in [0.4, 0.5) is 11.6 Å². The maximum atomic E-state index is 13.9. The fourth-order valence-corrected chi connectivity index (χ4v) is 5.37. The molecule has 5 aromatic rings. The summed E-state index contributed by atoms with van der Waals surface area (Å²) in [6.45, 7) is -0.579. The average molecular weight is 628 g/mol. The number of ether oxygens (including phenoxy) is 1. The fourth-order valence-electron chi connectivity index (χ4n) is 5.37. The highest BCUT2D eigenvalue weighted by Crippen LogP contribution is 2.38. The van der Waals surface area contributed by atoms with E-state index in [2.05, 4.69) is 20.3 Å². The van der Waals surface area contributed by atoms with Crippen LogP contribution in [0.1, 0.15) is 42.9 Å². The van der Waals surface area contributed by atoms with Crippen molar-refractivity contribution in [2.24, 2.45) is 0 Å². The van der Waals surface area contributed by atoms with Crippen LogP contribution in [0, 0.1) is 0 Å². The largest absolute Gasteiger partial charge is 0.478 e. The van der Waals surface area contributed by atoms with Crippen molar-refractivity contribution in [3.63, 3.8) is 0 Å². The molecule has 3 aromatic carbocycles. The molecule has 0 unspecified atom stereocenters. The van der Waals surface area contributed by atoms with Crippen molar-refractivity contribution in [1.29, 1.82) is 0 Å². The first kappa shape index (κ1) is 30.3. The lowest BCUT2D eigenvalue weighted by Crippen LogP contribution is -2.33. The number of hydrogen-bond acceptors (Lipinski definition) is 11. The minimum Gasteiger partial charge on any atom is -0.478 e. The van der Waals surface area contributed by atoms with Gasteiger partial charge < -0.3 is 35.6 Å². The number of carbonyl (C=O) groups excluding carboxylic acids is 1. The van der Waals surface area contributed by atoms with E-state index in [1.54, 1.807) is 18.2 Å². The third-order valence-corrected chi connectivity index (χ3v) is 7.57. The van der Waals surface area contributed by atoms with Gasteiger partial charge in [-0.3, -0.25) is 19.1 Å². The standard InChI is InChI=1S/C31H25N5O10/c37-12-19-24(39)25(40)28(46-19)36-13-32-22-26(36)34-31(35-27(22)41)33-18-10-9-17(30(44)45)21(23(38)14-5-2-1-3-6-14)20(18)15-7-4-8-16(11-15)29(42)43/h1-11,13,19,24-25,28,37,39-40H,12H2,(H,42,43)(H,44,45)(H2,33,34,35,41)/t19-,24-,25-,28-/m1/s1. The van der Waals surface area contributed by atoms with Gasteiger partial charge in [0, 0.05) is 22.4 Å². The van der Waals surface area contributed by atoms with Crippen molar-refractivity contribution < 1.29 is 44.7 Å². The number of fused-ring (bicyclic) bond motifs is 1. The Balaban J connectivity index is 1.54. The molecule has 4 atom stereocenters. The number of aliphatic hydroxyl groups is 3. The van der Waals surface area contributed by atoms with Crippen molar-refractivity contribution in [3.05, 3.63) is 106 Å². The van der Waals surface area contributed by atoms with E-state index in [9.17, 15) is 44.7 Å². The van der Waals surface area contributed by atoms with Crippen LogP contribution < -0.4 is 10.9 Å². The van der Waals surface area contributed by atoms with Gasteiger partial charge in [0.05, 0.1) is 24.1 Å². The van der Waals surface area contributed by atoms with Crippen LogP contribution in [-0.2, 0) is 4.74 Å². The number of hydrogen-bond donors (Lipinski definition) is 7. The van der Waals surface area contributed by atoms with Crippen LogP contribution in [0.15, 0.2) is 77.9 Å². The lowest BCUT2D eigenvalue weighted by Gasteiger charge is -2.19. The molecular weight excluding hydrogens is 602 g/mol. The minimum atomic E-state index is -1.49. The van der Waals surface area contributed by atoms with Crippen molar-refractivity contribution in [2.45, 2.75) is 24.5 Å². The number of aromatic nitrogens is 4. The monoisotopic (exact) mass is 627 g/mol. The third-order valence-electron chi connectivity index (χ3n) is 7.57. The zero-order chi connectivity index (χ0) is 32.7. The van der Waals surface area contributed by atoms with E-state index in [1.165, 1.54) is 59.4 Å². The Morgan fingerprint density at radius 2 is 1.67 bits per heavy atom. The summed E-state index contributed by atoms with van der Waals surface area (Å²) in [6.07, 6.45) is -4.09. The molecule has 234 valence electrons. The van der Waals surface area contributed by atoms with Gasteiger partial charge in [-0.1, -0.05) is 42.5 Å². The molecule has 0 amide bonds. The highest BCUT2D eigenvalue weighted by molar-refractivity contribution is 6.19.